The van der Waals surface area contributed by atoms with E-state index in [1.54, 1.807) is 24.3 Å². The van der Waals surface area contributed by atoms with Gasteiger partial charge in [0.1, 0.15) is 17.1 Å². The Morgan fingerprint density at radius 2 is 1.37 bits per heavy atom. The number of hydrogen-bond acceptors (Lipinski definition) is 7. The number of ether oxygens (including phenoxy) is 1. The molecule has 11 nitrogen and oxygen atoms in total. The van der Waals surface area contributed by atoms with Gasteiger partial charge in [0.2, 0.25) is 0 Å². The maximum absolute atomic E-state index is 14.0. The number of nitrogens with one attached hydrogen (secondary N) is 1. The fourth-order valence-electron chi connectivity index (χ4n) is 6.09. The summed E-state index contributed by atoms with van der Waals surface area (Å²) in [6.45, 7) is 5.47. The van der Waals surface area contributed by atoms with Crippen molar-refractivity contribution in [1.82, 2.24) is 4.57 Å². The van der Waals surface area contributed by atoms with Crippen LogP contribution >= 0.6 is 0 Å². The number of anilines is 1. The molecule has 5 aromatic rings. The molecule has 5 rings (SSSR count). The molecule has 0 spiro atoms. The van der Waals surface area contributed by atoms with Crippen LogP contribution in [0.3, 0.4) is 0 Å². The van der Waals surface area contributed by atoms with Crippen LogP contribution in [0, 0.1) is 5.82 Å². The number of rotatable bonds is 14. The molecular weight excluding hydrogens is 695 g/mol. The average Bonchev–Trinajstić information content (AvgIpc) is 3.47. The molecule has 12 heteroatoms. The van der Waals surface area contributed by atoms with E-state index >= 15 is 0 Å². The van der Waals surface area contributed by atoms with E-state index in [-0.39, 0.29) is 48.3 Å². The van der Waals surface area contributed by atoms with E-state index < -0.39 is 36.5 Å². The number of amides is 1. The number of aliphatic hydroxyl groups is 2. The summed E-state index contributed by atoms with van der Waals surface area (Å²) in [5.74, 6) is -3.51. The minimum atomic E-state index is -1.18. The topological polar surface area (TPSA) is 175 Å². The van der Waals surface area contributed by atoms with Crippen LogP contribution in [0.15, 0.2) is 109 Å². The van der Waals surface area contributed by atoms with Crippen LogP contribution in [0.25, 0.3) is 22.4 Å². The van der Waals surface area contributed by atoms with Gasteiger partial charge < -0.3 is 35.0 Å². The Balaban J connectivity index is 0.000000422. The monoisotopic (exact) mass is 738 g/mol. The lowest BCUT2D eigenvalue weighted by molar-refractivity contribution is -0.139. The molecular formula is C42H43FN2O9. The van der Waals surface area contributed by atoms with Crippen LogP contribution in [-0.2, 0) is 16.1 Å². The minimum absolute atomic E-state index is 0.0160. The predicted molar refractivity (Wildman–Crippen MR) is 202 cm³/mol. The molecule has 1 heterocycles. The smallest absolute Gasteiger partial charge is 0.339 e. The zero-order valence-electron chi connectivity index (χ0n) is 30.1. The summed E-state index contributed by atoms with van der Waals surface area (Å²) in [4.78, 5) is 46.2. The van der Waals surface area contributed by atoms with E-state index in [0.29, 0.717) is 28.1 Å². The highest BCUT2D eigenvalue weighted by atomic mass is 19.1. The number of aliphatic hydroxyl groups excluding tert-OH is 2. The van der Waals surface area contributed by atoms with Crippen molar-refractivity contribution in [2.24, 2.45) is 0 Å². The van der Waals surface area contributed by atoms with Crippen molar-refractivity contribution in [2.75, 3.05) is 5.32 Å². The van der Waals surface area contributed by atoms with Gasteiger partial charge in [-0.3, -0.25) is 14.4 Å². The number of para-hydroxylation sites is 2. The first-order valence-electron chi connectivity index (χ1n) is 17.3. The highest BCUT2D eigenvalue weighted by molar-refractivity contribution is 6.12. The Bertz CT molecular complexity index is 2050. The van der Waals surface area contributed by atoms with Gasteiger partial charge in [0, 0.05) is 30.4 Å². The summed E-state index contributed by atoms with van der Waals surface area (Å²) >= 11 is 0. The number of aromatic carboxylic acids is 1. The maximum Gasteiger partial charge on any atom is 0.339 e. The van der Waals surface area contributed by atoms with Gasteiger partial charge in [-0.05, 0) is 78.4 Å². The molecule has 5 N–H and O–H groups in total. The Morgan fingerprint density at radius 3 is 1.94 bits per heavy atom. The molecule has 0 radical (unpaired) electrons. The standard InChI is InChI=1S/C33H35FN2O5.C9H8O4/c1-21(2)31-30(33(41)35-25-11-7-4-8-12-25)29(22-9-5-3-6-10-22)32(23-13-15-24(34)16-14-23)36(31)18-17-26(37)19-27(38)20-28(39)40;1-6(10)13-8-5-3-2-4-7(8)9(11)12/h3-16,21,26-27,37-38H,17-20H2,1-2H3,(H,35,41)(H,39,40);2-5H,1H3,(H,11,12)/t26-,27-;/m1./s1. The van der Waals surface area contributed by atoms with Gasteiger partial charge >= 0.3 is 17.9 Å². The average molecular weight is 739 g/mol. The maximum atomic E-state index is 14.0. The lowest BCUT2D eigenvalue weighted by Gasteiger charge is -2.20. The number of carboxylic acids is 2. The van der Waals surface area contributed by atoms with Gasteiger partial charge in [0.05, 0.1) is 29.9 Å². The van der Waals surface area contributed by atoms with Crippen molar-refractivity contribution < 1.29 is 48.7 Å². The molecule has 1 aromatic heterocycles. The molecule has 4 aromatic carbocycles. The van der Waals surface area contributed by atoms with E-state index in [1.807, 2.05) is 79.1 Å². The van der Waals surface area contributed by atoms with Crippen LogP contribution in [0.5, 0.6) is 5.75 Å². The molecule has 0 saturated carbocycles. The van der Waals surface area contributed by atoms with Crippen molar-refractivity contribution in [1.29, 1.82) is 0 Å². The normalized spacial score (nSPS) is 11.9. The molecule has 0 unspecified atom stereocenters. The molecule has 1 amide bonds. The summed E-state index contributed by atoms with van der Waals surface area (Å²) in [5.41, 5.74) is 4.76. The lowest BCUT2D eigenvalue weighted by Crippen LogP contribution is -2.22. The van der Waals surface area contributed by atoms with Crippen LogP contribution in [-0.4, -0.2) is 61.0 Å². The number of halogens is 1. The number of aliphatic carboxylic acids is 1. The highest BCUT2D eigenvalue weighted by Crippen LogP contribution is 2.42. The van der Waals surface area contributed by atoms with Crippen LogP contribution in [0.4, 0.5) is 10.1 Å². The zero-order valence-corrected chi connectivity index (χ0v) is 30.1. The number of carbonyl (C=O) groups is 4. The van der Waals surface area contributed by atoms with Crippen molar-refractivity contribution in [3.63, 3.8) is 0 Å². The first kappa shape index (κ1) is 40.7. The molecule has 0 fully saturated rings. The summed E-state index contributed by atoms with van der Waals surface area (Å²) in [5, 5.41) is 41.5. The van der Waals surface area contributed by atoms with Crippen LogP contribution in [0.2, 0.25) is 0 Å². The van der Waals surface area contributed by atoms with Gasteiger partial charge in [-0.1, -0.05) is 74.5 Å². The van der Waals surface area contributed by atoms with E-state index in [2.05, 4.69) is 10.1 Å². The van der Waals surface area contributed by atoms with Crippen LogP contribution in [0.1, 0.15) is 72.4 Å². The first-order chi connectivity index (χ1) is 25.8. The molecule has 0 saturated heterocycles. The van der Waals surface area contributed by atoms with Gasteiger partial charge in [-0.2, -0.15) is 0 Å². The largest absolute Gasteiger partial charge is 0.481 e. The highest BCUT2D eigenvalue weighted by Gasteiger charge is 2.31. The summed E-state index contributed by atoms with van der Waals surface area (Å²) in [7, 11) is 0. The lowest BCUT2D eigenvalue weighted by atomic mass is 9.94. The van der Waals surface area contributed by atoms with Crippen molar-refractivity contribution in [3.05, 3.63) is 132 Å². The third-order valence-electron chi connectivity index (χ3n) is 8.30. The van der Waals surface area contributed by atoms with E-state index in [1.165, 1.54) is 31.2 Å². The fourth-order valence-corrected chi connectivity index (χ4v) is 6.09. The predicted octanol–water partition coefficient (Wildman–Crippen LogP) is 7.62. The SMILES string of the molecule is CC(=O)Oc1ccccc1C(=O)O.CC(C)c1c(C(=O)Nc2ccccc2)c(-c2ccccc2)c(-c2ccc(F)cc2)n1CC[C@@H](O)C[C@@H](O)CC(=O)O. The molecule has 0 aliphatic rings. The second-order valence-corrected chi connectivity index (χ2v) is 12.8. The zero-order chi connectivity index (χ0) is 39.4. The van der Waals surface area contributed by atoms with E-state index in [4.69, 9.17) is 10.2 Å². The number of carboxylic acid groups (broad SMARTS) is 2. The van der Waals surface area contributed by atoms with Crippen LogP contribution < -0.4 is 10.1 Å². The van der Waals surface area contributed by atoms with Crippen molar-refractivity contribution in [3.8, 4) is 28.1 Å². The minimum Gasteiger partial charge on any atom is -0.481 e. The summed E-state index contributed by atoms with van der Waals surface area (Å²) < 4.78 is 20.7. The third-order valence-corrected chi connectivity index (χ3v) is 8.30. The number of aromatic nitrogens is 1. The number of benzene rings is 4. The summed E-state index contributed by atoms with van der Waals surface area (Å²) in [6.07, 6.45) is -2.51. The second-order valence-electron chi connectivity index (χ2n) is 12.8. The number of hydrogen-bond donors (Lipinski definition) is 5. The van der Waals surface area contributed by atoms with Gasteiger partial charge in [-0.15, -0.1) is 0 Å². The Kier molecular flexibility index (Phi) is 14.4. The molecule has 282 valence electrons. The number of nitrogens with zero attached hydrogens (tertiary/aromatic N) is 1. The van der Waals surface area contributed by atoms with E-state index in [0.717, 1.165) is 11.3 Å². The second kappa shape index (κ2) is 19.1. The third kappa shape index (κ3) is 11.0. The van der Waals surface area contributed by atoms with Gasteiger partial charge in [0.25, 0.3) is 5.91 Å². The number of carbonyl (C=O) groups excluding carboxylic acids is 2. The van der Waals surface area contributed by atoms with E-state index in [9.17, 15) is 33.8 Å². The van der Waals surface area contributed by atoms with Crippen molar-refractivity contribution >= 4 is 29.5 Å². The molecule has 2 atom stereocenters. The molecule has 0 bridgehead atoms. The Hall–Kier alpha value is -6.11. The molecule has 0 aliphatic heterocycles. The fraction of sp³-hybridized carbons (Fsp3) is 0.238. The van der Waals surface area contributed by atoms with Crippen molar-refractivity contribution in [2.45, 2.75) is 64.7 Å². The van der Waals surface area contributed by atoms with Gasteiger partial charge in [-0.25, -0.2) is 9.18 Å². The molecule has 54 heavy (non-hydrogen) atoms. The van der Waals surface area contributed by atoms with Gasteiger partial charge in [0.15, 0.2) is 0 Å². The first-order valence-corrected chi connectivity index (χ1v) is 17.3. The Labute approximate surface area is 312 Å². The number of esters is 1. The molecule has 0 aliphatic carbocycles. The quantitative estimate of drug-likeness (QED) is 0.0567. The Morgan fingerprint density at radius 1 is 0.778 bits per heavy atom. The summed E-state index contributed by atoms with van der Waals surface area (Å²) in [6, 6.07) is 30.8.